The van der Waals surface area contributed by atoms with E-state index < -0.39 is 0 Å². The summed E-state index contributed by atoms with van der Waals surface area (Å²) in [7, 11) is 1.52. The van der Waals surface area contributed by atoms with E-state index in [1.807, 2.05) is 31.3 Å². The zero-order valence-electron chi connectivity index (χ0n) is 18.4. The molecule has 32 heavy (non-hydrogen) atoms. The van der Waals surface area contributed by atoms with Gasteiger partial charge in [0.2, 0.25) is 0 Å². The minimum absolute atomic E-state index is 0.0906. The molecule has 1 N–H and O–H groups in total. The number of benzene rings is 2. The maximum Gasteiger partial charge on any atom is 0.331 e. The van der Waals surface area contributed by atoms with Gasteiger partial charge in [-0.15, -0.1) is 11.8 Å². The van der Waals surface area contributed by atoms with Crippen molar-refractivity contribution in [2.45, 2.75) is 31.5 Å². The molecule has 0 atom stereocenters. The predicted molar refractivity (Wildman–Crippen MR) is 132 cm³/mol. The van der Waals surface area contributed by atoms with E-state index in [2.05, 4.69) is 35.4 Å². The molecule has 0 aliphatic carbocycles. The maximum atomic E-state index is 13.2. The lowest BCUT2D eigenvalue weighted by atomic mass is 10.0. The van der Waals surface area contributed by atoms with Gasteiger partial charge in [0.05, 0.1) is 15.9 Å². The van der Waals surface area contributed by atoms with Crippen molar-refractivity contribution in [1.82, 2.24) is 13.7 Å². The van der Waals surface area contributed by atoms with Crippen molar-refractivity contribution < 1.29 is 5.11 Å². The molecule has 0 unspecified atom stereocenters. The summed E-state index contributed by atoms with van der Waals surface area (Å²) in [5.41, 5.74) is 1.94. The molecule has 166 valence electrons. The molecule has 2 aromatic heterocycles. The van der Waals surface area contributed by atoms with Crippen molar-refractivity contribution in [3.63, 3.8) is 0 Å². The van der Waals surface area contributed by atoms with Gasteiger partial charge in [0.1, 0.15) is 0 Å². The normalized spacial score (nSPS) is 11.5. The molecular formula is C25H27N3O3S. The summed E-state index contributed by atoms with van der Waals surface area (Å²) in [6, 6.07) is 14.4. The van der Waals surface area contributed by atoms with Gasteiger partial charge in [0, 0.05) is 38.7 Å². The molecule has 0 amide bonds. The van der Waals surface area contributed by atoms with Crippen LogP contribution in [-0.4, -0.2) is 31.2 Å². The predicted octanol–water partition coefficient (Wildman–Crippen LogP) is 3.75. The molecule has 4 aromatic rings. The summed E-state index contributed by atoms with van der Waals surface area (Å²) >= 11 is 1.54. The van der Waals surface area contributed by atoms with E-state index in [-0.39, 0.29) is 17.9 Å². The quantitative estimate of drug-likeness (QED) is 0.253. The molecular weight excluding hydrogens is 422 g/mol. The van der Waals surface area contributed by atoms with Gasteiger partial charge in [-0.1, -0.05) is 54.6 Å². The fourth-order valence-electron chi connectivity index (χ4n) is 4.01. The highest BCUT2D eigenvalue weighted by Gasteiger charge is 2.20. The first-order valence-corrected chi connectivity index (χ1v) is 11.6. The molecule has 7 heteroatoms. The SMILES string of the molecule is C=C(C)Cn1c(=O)n(C)c(=O)c2c(SCCCO)n(Cc3cccc4ccccc34)cc21. The molecule has 0 radical (unpaired) electrons. The van der Waals surface area contributed by atoms with E-state index in [0.717, 1.165) is 26.9 Å². The van der Waals surface area contributed by atoms with Crippen LogP contribution in [0.4, 0.5) is 0 Å². The van der Waals surface area contributed by atoms with Gasteiger partial charge < -0.3 is 9.67 Å². The molecule has 2 heterocycles. The summed E-state index contributed by atoms with van der Waals surface area (Å²) in [4.78, 5) is 26.1. The van der Waals surface area contributed by atoms with Crippen molar-refractivity contribution in [3.05, 3.63) is 87.2 Å². The Labute approximate surface area is 190 Å². The van der Waals surface area contributed by atoms with Gasteiger partial charge in [-0.3, -0.25) is 13.9 Å². The fourth-order valence-corrected chi connectivity index (χ4v) is 5.10. The Morgan fingerprint density at radius 3 is 2.62 bits per heavy atom. The molecule has 6 nitrogen and oxygen atoms in total. The number of allylic oxidation sites excluding steroid dienone is 1. The van der Waals surface area contributed by atoms with E-state index >= 15 is 0 Å². The number of aromatic nitrogens is 3. The second kappa shape index (κ2) is 9.22. The van der Waals surface area contributed by atoms with Crippen LogP contribution in [0.25, 0.3) is 21.7 Å². The fraction of sp³-hybridized carbons (Fsp3) is 0.280. The molecule has 0 fully saturated rings. The number of hydrogen-bond acceptors (Lipinski definition) is 4. The Morgan fingerprint density at radius 1 is 1.12 bits per heavy atom. The Morgan fingerprint density at radius 2 is 1.88 bits per heavy atom. The minimum atomic E-state index is -0.347. The molecule has 4 rings (SSSR count). The van der Waals surface area contributed by atoms with Crippen LogP contribution in [0.15, 0.2) is 75.4 Å². The third-order valence-electron chi connectivity index (χ3n) is 5.53. The average molecular weight is 450 g/mol. The highest BCUT2D eigenvalue weighted by molar-refractivity contribution is 7.99. The van der Waals surface area contributed by atoms with Crippen molar-refractivity contribution >= 4 is 33.4 Å². The van der Waals surface area contributed by atoms with E-state index in [1.165, 1.54) is 11.6 Å². The van der Waals surface area contributed by atoms with Crippen LogP contribution >= 0.6 is 11.8 Å². The summed E-state index contributed by atoms with van der Waals surface area (Å²) in [5, 5.41) is 12.9. The number of aliphatic hydroxyl groups is 1. The number of aliphatic hydroxyl groups excluding tert-OH is 1. The zero-order valence-corrected chi connectivity index (χ0v) is 19.2. The first kappa shape index (κ1) is 22.2. The summed E-state index contributed by atoms with van der Waals surface area (Å²) in [5.74, 6) is 0.675. The number of rotatable bonds is 8. The van der Waals surface area contributed by atoms with Crippen molar-refractivity contribution in [3.8, 4) is 0 Å². The third kappa shape index (κ3) is 4.06. The molecule has 2 aromatic carbocycles. The third-order valence-corrected chi connectivity index (χ3v) is 6.73. The van der Waals surface area contributed by atoms with Crippen LogP contribution in [0.1, 0.15) is 18.9 Å². The summed E-state index contributed by atoms with van der Waals surface area (Å²) in [6.45, 7) is 6.84. The Bertz CT molecular complexity index is 1420. The smallest absolute Gasteiger partial charge is 0.331 e. The Balaban J connectivity index is 1.95. The first-order valence-electron chi connectivity index (χ1n) is 10.6. The highest BCUT2D eigenvalue weighted by atomic mass is 32.2. The van der Waals surface area contributed by atoms with Gasteiger partial charge in [-0.25, -0.2) is 4.79 Å². The van der Waals surface area contributed by atoms with Crippen LogP contribution in [0.5, 0.6) is 0 Å². The largest absolute Gasteiger partial charge is 0.396 e. The van der Waals surface area contributed by atoms with Crippen LogP contribution in [0.2, 0.25) is 0 Å². The maximum absolute atomic E-state index is 13.2. The van der Waals surface area contributed by atoms with Gasteiger partial charge in [0.25, 0.3) is 5.56 Å². The van der Waals surface area contributed by atoms with Crippen LogP contribution < -0.4 is 11.2 Å². The van der Waals surface area contributed by atoms with E-state index in [1.54, 1.807) is 16.3 Å². The number of hydrogen-bond donors (Lipinski definition) is 1. The van der Waals surface area contributed by atoms with Gasteiger partial charge >= 0.3 is 5.69 Å². The van der Waals surface area contributed by atoms with Crippen LogP contribution in [0.3, 0.4) is 0 Å². The second-order valence-electron chi connectivity index (χ2n) is 8.08. The molecule has 0 saturated carbocycles. The number of fused-ring (bicyclic) bond motifs is 2. The highest BCUT2D eigenvalue weighted by Crippen LogP contribution is 2.30. The van der Waals surface area contributed by atoms with E-state index in [9.17, 15) is 14.7 Å². The van der Waals surface area contributed by atoms with Gasteiger partial charge in [-0.05, 0) is 29.7 Å². The zero-order chi connectivity index (χ0) is 22.8. The van der Waals surface area contributed by atoms with Crippen molar-refractivity contribution in [1.29, 1.82) is 0 Å². The van der Waals surface area contributed by atoms with E-state index in [4.69, 9.17) is 0 Å². The second-order valence-corrected chi connectivity index (χ2v) is 9.16. The van der Waals surface area contributed by atoms with Crippen LogP contribution in [-0.2, 0) is 20.1 Å². The standard InChI is InChI=1S/C25H27N3O3S/c1-17(2)14-28-21-16-27(15-19-10-6-9-18-8-4-5-11-20(18)19)24(32-13-7-12-29)22(21)23(30)26(3)25(28)31/h4-6,8-11,16,29H,1,7,12-15H2,2-3H3. The van der Waals surface area contributed by atoms with Crippen LogP contribution in [0, 0.1) is 0 Å². The molecule has 0 saturated heterocycles. The van der Waals surface area contributed by atoms with Crippen molar-refractivity contribution in [2.24, 2.45) is 7.05 Å². The monoisotopic (exact) mass is 449 g/mol. The lowest BCUT2D eigenvalue weighted by molar-refractivity contribution is 0.296. The van der Waals surface area contributed by atoms with Gasteiger partial charge in [0.15, 0.2) is 0 Å². The number of nitrogens with zero attached hydrogens (tertiary/aromatic N) is 3. The Hall–Kier alpha value is -3.03. The molecule has 0 spiro atoms. The molecule has 0 aliphatic rings. The minimum Gasteiger partial charge on any atom is -0.396 e. The van der Waals surface area contributed by atoms with Crippen molar-refractivity contribution in [2.75, 3.05) is 12.4 Å². The molecule has 0 bridgehead atoms. The average Bonchev–Trinajstić information content (AvgIpc) is 3.13. The topological polar surface area (TPSA) is 69.2 Å². The lowest BCUT2D eigenvalue weighted by Gasteiger charge is -2.11. The molecule has 0 aliphatic heterocycles. The summed E-state index contributed by atoms with van der Waals surface area (Å²) in [6.07, 6.45) is 2.53. The first-order chi connectivity index (χ1) is 15.4. The summed E-state index contributed by atoms with van der Waals surface area (Å²) < 4.78 is 4.85. The van der Waals surface area contributed by atoms with E-state index in [0.29, 0.717) is 36.2 Å². The lowest BCUT2D eigenvalue weighted by Crippen LogP contribution is -2.38. The Kier molecular flexibility index (Phi) is 6.39. The van der Waals surface area contributed by atoms with Gasteiger partial charge in [-0.2, -0.15) is 0 Å². The number of thioether (sulfide) groups is 1.